The molecule has 0 aromatic carbocycles. The zero-order valence-electron chi connectivity index (χ0n) is 17.2. The number of nitrogens with one attached hydrogen (secondary N) is 1. The Morgan fingerprint density at radius 1 is 1.00 bits per heavy atom. The van der Waals surface area contributed by atoms with Crippen LogP contribution in [0.1, 0.15) is 56.3 Å². The maximum absolute atomic E-state index is 12.7. The van der Waals surface area contributed by atoms with Crippen molar-refractivity contribution in [2.75, 3.05) is 18.0 Å². The van der Waals surface area contributed by atoms with Crippen molar-refractivity contribution in [3.63, 3.8) is 0 Å². The van der Waals surface area contributed by atoms with Crippen LogP contribution in [-0.4, -0.2) is 34.6 Å². The van der Waals surface area contributed by atoms with Gasteiger partial charge >= 0.3 is 0 Å². The standard InChI is InChI=1S/C23H32N4O/c1-17-10-11-18(2)27(17)21-9-6-14-24-22(21)26-15-12-19(13-16-26)23(28)25-20-7-4-3-5-8-20/h6,9-11,14,19-20H,3-5,7-8,12-13,15-16H2,1-2H3,(H,25,28). The van der Waals surface area contributed by atoms with Gasteiger partial charge in [-0.2, -0.15) is 0 Å². The summed E-state index contributed by atoms with van der Waals surface area (Å²) in [5, 5.41) is 3.31. The van der Waals surface area contributed by atoms with Gasteiger partial charge < -0.3 is 14.8 Å². The lowest BCUT2D eigenvalue weighted by Crippen LogP contribution is -2.44. The summed E-state index contributed by atoms with van der Waals surface area (Å²) in [4.78, 5) is 19.8. The van der Waals surface area contributed by atoms with Crippen LogP contribution in [0.4, 0.5) is 5.82 Å². The number of aryl methyl sites for hydroxylation is 2. The lowest BCUT2D eigenvalue weighted by Gasteiger charge is -2.34. The Labute approximate surface area is 168 Å². The molecule has 150 valence electrons. The molecular weight excluding hydrogens is 348 g/mol. The van der Waals surface area contributed by atoms with Gasteiger partial charge in [-0.05, 0) is 63.8 Å². The molecular formula is C23H32N4O. The molecule has 5 heteroatoms. The Hall–Kier alpha value is -2.30. The predicted octanol–water partition coefficient (Wildman–Crippen LogP) is 4.15. The molecule has 0 spiro atoms. The molecule has 0 atom stereocenters. The number of nitrogens with zero attached hydrogens (tertiary/aromatic N) is 3. The van der Waals surface area contributed by atoms with E-state index in [-0.39, 0.29) is 11.8 Å². The number of carbonyl (C=O) groups is 1. The minimum atomic E-state index is 0.139. The van der Waals surface area contributed by atoms with Crippen LogP contribution < -0.4 is 10.2 Å². The number of hydrogen-bond acceptors (Lipinski definition) is 3. The third-order valence-corrected chi connectivity index (χ3v) is 6.39. The highest BCUT2D eigenvalue weighted by Gasteiger charge is 2.28. The topological polar surface area (TPSA) is 50.2 Å². The number of anilines is 1. The van der Waals surface area contributed by atoms with Gasteiger partial charge in [0.15, 0.2) is 5.82 Å². The van der Waals surface area contributed by atoms with Gasteiger partial charge in [-0.3, -0.25) is 4.79 Å². The molecule has 5 nitrogen and oxygen atoms in total. The van der Waals surface area contributed by atoms with E-state index in [2.05, 4.69) is 46.8 Å². The first kappa shape index (κ1) is 19.0. The second-order valence-electron chi connectivity index (χ2n) is 8.40. The molecule has 3 heterocycles. The van der Waals surface area contributed by atoms with E-state index >= 15 is 0 Å². The third-order valence-electron chi connectivity index (χ3n) is 6.39. The molecule has 0 unspecified atom stereocenters. The Morgan fingerprint density at radius 3 is 2.36 bits per heavy atom. The maximum atomic E-state index is 12.7. The molecule has 4 rings (SSSR count). The Kier molecular flexibility index (Phi) is 5.69. The highest BCUT2D eigenvalue weighted by molar-refractivity contribution is 5.79. The second-order valence-corrected chi connectivity index (χ2v) is 8.40. The highest BCUT2D eigenvalue weighted by atomic mass is 16.1. The van der Waals surface area contributed by atoms with E-state index in [1.165, 1.54) is 30.7 Å². The van der Waals surface area contributed by atoms with E-state index < -0.39 is 0 Å². The summed E-state index contributed by atoms with van der Waals surface area (Å²) in [6, 6.07) is 8.84. The first-order valence-corrected chi connectivity index (χ1v) is 10.8. The van der Waals surface area contributed by atoms with Crippen LogP contribution in [0.5, 0.6) is 0 Å². The van der Waals surface area contributed by atoms with E-state index in [9.17, 15) is 4.79 Å². The van der Waals surface area contributed by atoms with E-state index in [4.69, 9.17) is 4.98 Å². The smallest absolute Gasteiger partial charge is 0.223 e. The molecule has 28 heavy (non-hydrogen) atoms. The van der Waals surface area contributed by atoms with Crippen LogP contribution in [0.3, 0.4) is 0 Å². The number of rotatable bonds is 4. The minimum Gasteiger partial charge on any atom is -0.355 e. The largest absolute Gasteiger partial charge is 0.355 e. The van der Waals surface area contributed by atoms with Crippen molar-refractivity contribution in [1.82, 2.24) is 14.9 Å². The van der Waals surface area contributed by atoms with Crippen LogP contribution in [0.15, 0.2) is 30.5 Å². The number of hydrogen-bond donors (Lipinski definition) is 1. The predicted molar refractivity (Wildman–Crippen MR) is 113 cm³/mol. The molecule has 2 aromatic heterocycles. The average molecular weight is 381 g/mol. The fourth-order valence-electron chi connectivity index (χ4n) is 4.77. The monoisotopic (exact) mass is 380 g/mol. The van der Waals surface area contributed by atoms with E-state index in [1.54, 1.807) is 0 Å². The maximum Gasteiger partial charge on any atom is 0.223 e. The average Bonchev–Trinajstić information content (AvgIpc) is 3.07. The number of carbonyl (C=O) groups excluding carboxylic acids is 1. The fourth-order valence-corrected chi connectivity index (χ4v) is 4.77. The van der Waals surface area contributed by atoms with Crippen molar-refractivity contribution in [3.8, 4) is 5.69 Å². The van der Waals surface area contributed by atoms with Gasteiger partial charge in [0.1, 0.15) is 0 Å². The van der Waals surface area contributed by atoms with Crippen LogP contribution >= 0.6 is 0 Å². The van der Waals surface area contributed by atoms with E-state index in [0.717, 1.165) is 50.3 Å². The number of aromatic nitrogens is 2. The summed E-state index contributed by atoms with van der Waals surface area (Å²) >= 11 is 0. The van der Waals surface area contributed by atoms with Crippen LogP contribution in [-0.2, 0) is 4.79 Å². The summed E-state index contributed by atoms with van der Waals surface area (Å²) < 4.78 is 2.27. The molecule has 1 N–H and O–H groups in total. The Morgan fingerprint density at radius 2 is 1.68 bits per heavy atom. The lowest BCUT2D eigenvalue weighted by molar-refractivity contribution is -0.126. The summed E-state index contributed by atoms with van der Waals surface area (Å²) in [5.74, 6) is 1.43. The molecule has 0 bridgehead atoms. The van der Waals surface area contributed by atoms with Gasteiger partial charge in [-0.1, -0.05) is 19.3 Å². The minimum absolute atomic E-state index is 0.139. The molecule has 1 saturated heterocycles. The van der Waals surface area contributed by atoms with Gasteiger partial charge in [0.2, 0.25) is 5.91 Å². The van der Waals surface area contributed by atoms with Gasteiger partial charge in [0, 0.05) is 42.6 Å². The zero-order valence-corrected chi connectivity index (χ0v) is 17.2. The van der Waals surface area contributed by atoms with Gasteiger partial charge in [0.05, 0.1) is 5.69 Å². The summed E-state index contributed by atoms with van der Waals surface area (Å²) in [6.07, 6.45) is 9.80. The summed E-state index contributed by atoms with van der Waals surface area (Å²) in [5.41, 5.74) is 3.56. The first-order chi connectivity index (χ1) is 13.6. The Balaban J connectivity index is 1.42. The van der Waals surface area contributed by atoms with Gasteiger partial charge in [-0.15, -0.1) is 0 Å². The van der Waals surface area contributed by atoms with Crippen LogP contribution in [0.25, 0.3) is 5.69 Å². The van der Waals surface area contributed by atoms with Crippen molar-refractivity contribution in [1.29, 1.82) is 0 Å². The molecule has 1 aliphatic carbocycles. The normalized spacial score (nSPS) is 19.0. The molecule has 2 aliphatic rings. The lowest BCUT2D eigenvalue weighted by atomic mass is 9.92. The highest BCUT2D eigenvalue weighted by Crippen LogP contribution is 2.29. The van der Waals surface area contributed by atoms with Crippen LogP contribution in [0, 0.1) is 19.8 Å². The van der Waals surface area contributed by atoms with Gasteiger partial charge in [-0.25, -0.2) is 4.98 Å². The van der Waals surface area contributed by atoms with Crippen molar-refractivity contribution in [3.05, 3.63) is 41.9 Å². The summed E-state index contributed by atoms with van der Waals surface area (Å²) in [6.45, 7) is 6.02. The van der Waals surface area contributed by atoms with E-state index in [1.807, 2.05) is 12.3 Å². The van der Waals surface area contributed by atoms with E-state index in [0.29, 0.717) is 6.04 Å². The SMILES string of the molecule is Cc1ccc(C)n1-c1cccnc1N1CCC(C(=O)NC2CCCCC2)CC1. The molecule has 2 fully saturated rings. The summed E-state index contributed by atoms with van der Waals surface area (Å²) in [7, 11) is 0. The molecule has 1 aliphatic heterocycles. The van der Waals surface area contributed by atoms with Crippen molar-refractivity contribution >= 4 is 11.7 Å². The zero-order chi connectivity index (χ0) is 19.5. The Bertz CT molecular complexity index is 794. The van der Waals surface area contributed by atoms with Crippen LogP contribution in [0.2, 0.25) is 0 Å². The number of amides is 1. The number of piperidine rings is 1. The van der Waals surface area contributed by atoms with Crippen molar-refractivity contribution in [2.45, 2.75) is 64.8 Å². The second kappa shape index (κ2) is 8.38. The number of pyridine rings is 1. The molecule has 2 aromatic rings. The first-order valence-electron chi connectivity index (χ1n) is 10.8. The van der Waals surface area contributed by atoms with Gasteiger partial charge in [0.25, 0.3) is 0 Å². The van der Waals surface area contributed by atoms with Crippen molar-refractivity contribution < 1.29 is 4.79 Å². The fraction of sp³-hybridized carbons (Fsp3) is 0.565. The molecule has 1 amide bonds. The van der Waals surface area contributed by atoms with Crippen molar-refractivity contribution in [2.24, 2.45) is 5.92 Å². The molecule has 0 radical (unpaired) electrons. The quantitative estimate of drug-likeness (QED) is 0.867. The third kappa shape index (κ3) is 3.94. The molecule has 1 saturated carbocycles.